The van der Waals surface area contributed by atoms with E-state index in [1.807, 2.05) is 6.07 Å². The maximum atomic E-state index is 12.4. The summed E-state index contributed by atoms with van der Waals surface area (Å²) in [5, 5.41) is 10.6. The van der Waals surface area contributed by atoms with E-state index in [2.05, 4.69) is 5.32 Å². The summed E-state index contributed by atoms with van der Waals surface area (Å²) in [6, 6.07) is 7.21. The van der Waals surface area contributed by atoms with E-state index < -0.39 is 12.2 Å². The molecule has 1 aliphatic heterocycles. The van der Waals surface area contributed by atoms with Gasteiger partial charge in [0.25, 0.3) is 5.91 Å². The molecule has 1 aromatic rings. The Morgan fingerprint density at radius 2 is 2.25 bits per heavy atom. The molecule has 1 heterocycles. The number of allylic oxidation sites excluding steroid dienone is 3. The number of thiocarbonyl (C=S) groups is 1. The molecule has 146 valence electrons. The molecule has 2 amide bonds. The minimum Gasteiger partial charge on any atom is -0.442 e. The Hall–Kier alpha value is -2.71. The molecule has 1 unspecified atom stereocenters. The van der Waals surface area contributed by atoms with E-state index >= 15 is 0 Å². The summed E-state index contributed by atoms with van der Waals surface area (Å²) in [7, 11) is 0. The number of benzene rings is 1. The van der Waals surface area contributed by atoms with Crippen molar-refractivity contribution in [3.05, 3.63) is 52.6 Å². The fourth-order valence-corrected chi connectivity index (χ4v) is 3.39. The number of carbonyl (C=O) groups excluding carboxylic acids is 2. The van der Waals surface area contributed by atoms with Crippen LogP contribution in [0, 0.1) is 5.41 Å². The molecule has 3 rings (SSSR count). The number of rotatable bonds is 6. The minimum absolute atomic E-state index is 0.0478. The Morgan fingerprint density at radius 1 is 1.46 bits per heavy atom. The van der Waals surface area contributed by atoms with Gasteiger partial charge in [-0.3, -0.25) is 15.1 Å². The molecular weight excluding hydrogens is 400 g/mol. The summed E-state index contributed by atoms with van der Waals surface area (Å²) in [5.41, 5.74) is 7.29. The number of nitrogens with zero attached hydrogens (tertiary/aromatic N) is 1. The van der Waals surface area contributed by atoms with Crippen LogP contribution in [0.1, 0.15) is 12.0 Å². The second kappa shape index (κ2) is 8.53. The molecule has 9 heteroatoms. The largest absolute Gasteiger partial charge is 0.442 e. The van der Waals surface area contributed by atoms with Crippen LogP contribution in [-0.4, -0.2) is 41.9 Å². The van der Waals surface area contributed by atoms with Crippen molar-refractivity contribution in [2.45, 2.75) is 18.9 Å². The lowest BCUT2D eigenvalue weighted by atomic mass is 10.0. The summed E-state index contributed by atoms with van der Waals surface area (Å²) < 4.78 is 5.35. The first-order valence-corrected chi connectivity index (χ1v) is 9.41. The van der Waals surface area contributed by atoms with Crippen LogP contribution in [-0.2, 0) is 16.0 Å². The second-order valence-corrected chi connectivity index (χ2v) is 7.40. The number of cyclic esters (lactones) is 1. The van der Waals surface area contributed by atoms with Crippen molar-refractivity contribution in [1.29, 1.82) is 5.41 Å². The van der Waals surface area contributed by atoms with Crippen molar-refractivity contribution in [3.63, 3.8) is 0 Å². The summed E-state index contributed by atoms with van der Waals surface area (Å²) in [6.07, 6.45) is 3.07. The lowest BCUT2D eigenvalue weighted by Crippen LogP contribution is -2.36. The zero-order valence-electron chi connectivity index (χ0n) is 14.9. The van der Waals surface area contributed by atoms with E-state index in [0.29, 0.717) is 40.5 Å². The van der Waals surface area contributed by atoms with Gasteiger partial charge in [-0.25, -0.2) is 4.79 Å². The SMILES string of the molecule is N=C(N)Cc1cccc(N2CC(CNC(=O)C3=CC(Cl)=CCC3=S)OC2=O)c1. The lowest BCUT2D eigenvalue weighted by molar-refractivity contribution is -0.117. The van der Waals surface area contributed by atoms with E-state index in [0.717, 1.165) is 5.56 Å². The molecular formula is C19H19ClN4O3S. The van der Waals surface area contributed by atoms with Crippen LogP contribution in [0.25, 0.3) is 0 Å². The van der Waals surface area contributed by atoms with Gasteiger partial charge in [0.15, 0.2) is 0 Å². The maximum Gasteiger partial charge on any atom is 0.414 e. The number of nitrogens with two attached hydrogens (primary N) is 1. The molecule has 0 saturated carbocycles. The normalized spacial score (nSPS) is 19.0. The number of nitrogens with one attached hydrogen (secondary N) is 2. The van der Waals surface area contributed by atoms with Crippen molar-refractivity contribution in [2.75, 3.05) is 18.0 Å². The summed E-state index contributed by atoms with van der Waals surface area (Å²) in [4.78, 5) is 26.6. The number of ether oxygens (including phenoxy) is 1. The third-order valence-corrected chi connectivity index (χ3v) is 4.94. The van der Waals surface area contributed by atoms with E-state index in [1.165, 1.54) is 11.0 Å². The highest BCUT2D eigenvalue weighted by atomic mass is 35.5. The van der Waals surface area contributed by atoms with Gasteiger partial charge in [-0.15, -0.1) is 0 Å². The predicted octanol–water partition coefficient (Wildman–Crippen LogP) is 2.43. The Kier molecular flexibility index (Phi) is 6.11. The summed E-state index contributed by atoms with van der Waals surface area (Å²) in [5.74, 6) is -0.291. The van der Waals surface area contributed by atoms with Gasteiger partial charge in [-0.2, -0.15) is 0 Å². The highest BCUT2D eigenvalue weighted by molar-refractivity contribution is 7.81. The topological polar surface area (TPSA) is 109 Å². The maximum absolute atomic E-state index is 12.4. The van der Waals surface area contributed by atoms with E-state index in [-0.39, 0.29) is 18.3 Å². The number of hydrogen-bond acceptors (Lipinski definition) is 5. The van der Waals surface area contributed by atoms with E-state index in [9.17, 15) is 9.59 Å². The van der Waals surface area contributed by atoms with Crippen LogP contribution in [0.15, 0.2) is 47.0 Å². The molecule has 1 aliphatic carbocycles. The highest BCUT2D eigenvalue weighted by Crippen LogP contribution is 2.23. The van der Waals surface area contributed by atoms with Gasteiger partial charge in [0.1, 0.15) is 6.10 Å². The summed E-state index contributed by atoms with van der Waals surface area (Å²) >= 11 is 11.1. The average molecular weight is 419 g/mol. The van der Waals surface area contributed by atoms with Crippen molar-refractivity contribution < 1.29 is 14.3 Å². The van der Waals surface area contributed by atoms with Crippen molar-refractivity contribution in [1.82, 2.24) is 5.32 Å². The molecule has 1 saturated heterocycles. The Morgan fingerprint density at radius 3 is 3.00 bits per heavy atom. The smallest absolute Gasteiger partial charge is 0.414 e. The van der Waals surface area contributed by atoms with Crippen LogP contribution >= 0.6 is 23.8 Å². The molecule has 0 spiro atoms. The molecule has 7 nitrogen and oxygen atoms in total. The van der Waals surface area contributed by atoms with E-state index in [4.69, 9.17) is 39.7 Å². The minimum atomic E-state index is -0.489. The first kappa shape index (κ1) is 20.0. The molecule has 1 fully saturated rings. The zero-order chi connectivity index (χ0) is 20.3. The van der Waals surface area contributed by atoms with Crippen LogP contribution in [0.3, 0.4) is 0 Å². The highest BCUT2D eigenvalue weighted by Gasteiger charge is 2.33. The monoisotopic (exact) mass is 418 g/mol. The molecule has 0 radical (unpaired) electrons. The van der Waals surface area contributed by atoms with Crippen LogP contribution < -0.4 is 16.0 Å². The number of amidine groups is 1. The first-order valence-electron chi connectivity index (χ1n) is 8.62. The number of anilines is 1. The average Bonchev–Trinajstić information content (AvgIpc) is 3.02. The predicted molar refractivity (Wildman–Crippen MR) is 112 cm³/mol. The molecule has 1 aromatic carbocycles. The second-order valence-electron chi connectivity index (χ2n) is 6.47. The summed E-state index contributed by atoms with van der Waals surface area (Å²) in [6.45, 7) is 0.461. The Labute approximate surface area is 172 Å². The van der Waals surface area contributed by atoms with Gasteiger partial charge >= 0.3 is 6.09 Å². The fraction of sp³-hybridized carbons (Fsp3) is 0.263. The molecule has 0 bridgehead atoms. The molecule has 0 aromatic heterocycles. The van der Waals surface area contributed by atoms with Gasteiger partial charge in [0, 0.05) is 28.4 Å². The zero-order valence-corrected chi connectivity index (χ0v) is 16.5. The van der Waals surface area contributed by atoms with Crippen molar-refractivity contribution >= 4 is 52.2 Å². The van der Waals surface area contributed by atoms with Gasteiger partial charge < -0.3 is 15.8 Å². The van der Waals surface area contributed by atoms with Gasteiger partial charge in [0.2, 0.25) is 0 Å². The Bertz CT molecular complexity index is 912. The number of carbonyl (C=O) groups is 2. The first-order chi connectivity index (χ1) is 13.3. The third-order valence-electron chi connectivity index (χ3n) is 4.29. The molecule has 4 N–H and O–H groups in total. The number of halogens is 1. The molecule has 2 aliphatic rings. The Balaban J connectivity index is 1.61. The molecule has 1 atom stereocenters. The van der Waals surface area contributed by atoms with Crippen LogP contribution in [0.5, 0.6) is 0 Å². The third kappa shape index (κ3) is 4.76. The van der Waals surface area contributed by atoms with Crippen LogP contribution in [0.2, 0.25) is 0 Å². The fourth-order valence-electron chi connectivity index (χ4n) is 2.96. The van der Waals surface area contributed by atoms with Crippen LogP contribution in [0.4, 0.5) is 10.5 Å². The lowest BCUT2D eigenvalue weighted by Gasteiger charge is -2.15. The van der Waals surface area contributed by atoms with Gasteiger partial charge in [-0.05, 0) is 23.8 Å². The van der Waals surface area contributed by atoms with E-state index in [1.54, 1.807) is 24.3 Å². The van der Waals surface area contributed by atoms with Crippen molar-refractivity contribution in [2.24, 2.45) is 5.73 Å². The number of amides is 2. The molecule has 28 heavy (non-hydrogen) atoms. The standard InChI is InChI=1S/C19H19ClN4O3S/c20-12-4-5-16(28)15(8-12)18(25)23-9-14-10-24(19(26)27-14)13-3-1-2-11(6-13)7-17(21)22/h1-4,6,8,14H,5,7,9-10H2,(H3,21,22)(H,23,25). The van der Waals surface area contributed by atoms with Gasteiger partial charge in [-0.1, -0.05) is 42.0 Å². The quantitative estimate of drug-likeness (QED) is 0.373. The number of hydrogen-bond donors (Lipinski definition) is 3. The van der Waals surface area contributed by atoms with Crippen molar-refractivity contribution in [3.8, 4) is 0 Å². The van der Waals surface area contributed by atoms with Gasteiger partial charge in [0.05, 0.1) is 24.5 Å².